The summed E-state index contributed by atoms with van der Waals surface area (Å²) in [5.74, 6) is 0.914. The van der Waals surface area contributed by atoms with Gasteiger partial charge in [-0.2, -0.15) is 0 Å². The first-order valence-corrected chi connectivity index (χ1v) is 10.5. The lowest BCUT2D eigenvalue weighted by Crippen LogP contribution is -2.45. The number of halogens is 1. The summed E-state index contributed by atoms with van der Waals surface area (Å²) in [5.41, 5.74) is 7.93. The Bertz CT molecular complexity index is 916. The molecule has 2 aromatic rings. The molecule has 1 fully saturated rings. The Morgan fingerprint density at radius 1 is 1.33 bits per heavy atom. The highest BCUT2D eigenvalue weighted by atomic mass is 19.1. The second-order valence-electron chi connectivity index (χ2n) is 8.44. The third kappa shape index (κ3) is 4.56. The van der Waals surface area contributed by atoms with Crippen molar-refractivity contribution in [3.63, 3.8) is 0 Å². The van der Waals surface area contributed by atoms with E-state index in [1.165, 1.54) is 6.07 Å². The molecule has 0 atom stereocenters. The zero-order chi connectivity index (χ0) is 21.7. The van der Waals surface area contributed by atoms with Gasteiger partial charge in [-0.15, -0.1) is 0 Å². The molecule has 6 nitrogen and oxygen atoms in total. The van der Waals surface area contributed by atoms with Gasteiger partial charge in [-0.05, 0) is 61.4 Å². The number of nitrogens with zero attached hydrogens (tertiary/aromatic N) is 4. The lowest BCUT2D eigenvalue weighted by Gasteiger charge is -2.42. The van der Waals surface area contributed by atoms with Gasteiger partial charge in [0.05, 0.1) is 11.4 Å². The minimum atomic E-state index is -0.438. The molecule has 0 aliphatic carbocycles. The van der Waals surface area contributed by atoms with Crippen LogP contribution >= 0.6 is 0 Å². The Morgan fingerprint density at radius 2 is 2.07 bits per heavy atom. The molecule has 1 aliphatic heterocycles. The average molecular weight is 411 g/mol. The van der Waals surface area contributed by atoms with Crippen molar-refractivity contribution in [1.29, 1.82) is 5.41 Å². The minimum absolute atomic E-state index is 0.179. The summed E-state index contributed by atoms with van der Waals surface area (Å²) in [7, 11) is 1.60. The topological polar surface area (TPSA) is 91.2 Å². The van der Waals surface area contributed by atoms with E-state index in [1.807, 2.05) is 0 Å². The number of hydrogen-bond donors (Lipinski definition) is 2. The Kier molecular flexibility index (Phi) is 6.92. The van der Waals surface area contributed by atoms with Crippen molar-refractivity contribution in [1.82, 2.24) is 9.97 Å². The van der Waals surface area contributed by atoms with E-state index in [0.29, 0.717) is 29.4 Å². The van der Waals surface area contributed by atoms with Gasteiger partial charge in [-0.25, -0.2) is 9.37 Å². The molecule has 0 unspecified atom stereocenters. The van der Waals surface area contributed by atoms with Gasteiger partial charge in [-0.3, -0.25) is 9.98 Å². The number of hydrogen-bond acceptors (Lipinski definition) is 6. The highest BCUT2D eigenvalue weighted by molar-refractivity contribution is 6.15. The van der Waals surface area contributed by atoms with E-state index in [0.717, 1.165) is 44.4 Å². The lowest BCUT2D eigenvalue weighted by molar-refractivity contribution is 0.182. The molecule has 7 heteroatoms. The lowest BCUT2D eigenvalue weighted by atomic mass is 9.73. The van der Waals surface area contributed by atoms with Gasteiger partial charge in [0, 0.05) is 38.1 Å². The van der Waals surface area contributed by atoms with Crippen LogP contribution in [0.1, 0.15) is 50.1 Å². The fourth-order valence-corrected chi connectivity index (χ4v) is 4.43. The monoisotopic (exact) mass is 410 g/mol. The van der Waals surface area contributed by atoms with E-state index < -0.39 is 5.82 Å². The van der Waals surface area contributed by atoms with Crippen LogP contribution in [0.5, 0.6) is 0 Å². The number of pyridine rings is 2. The van der Waals surface area contributed by atoms with Crippen LogP contribution in [0, 0.1) is 22.6 Å². The Balaban J connectivity index is 1.88. The summed E-state index contributed by atoms with van der Waals surface area (Å²) in [4.78, 5) is 15.3. The molecule has 0 radical (unpaired) electrons. The second-order valence-corrected chi connectivity index (χ2v) is 8.44. The van der Waals surface area contributed by atoms with Crippen molar-refractivity contribution >= 4 is 17.7 Å². The van der Waals surface area contributed by atoms with Crippen molar-refractivity contribution in [2.24, 2.45) is 22.1 Å². The zero-order valence-electron chi connectivity index (χ0n) is 18.0. The van der Waals surface area contributed by atoms with E-state index in [2.05, 4.69) is 33.7 Å². The van der Waals surface area contributed by atoms with Crippen LogP contribution in [0.4, 0.5) is 10.2 Å². The number of rotatable bonds is 7. The Hall–Kier alpha value is -2.67. The number of anilines is 1. The zero-order valence-corrected chi connectivity index (χ0v) is 18.0. The standard InChI is InChI=1S/C23H31FN6/c1-16(2)13-23(15-26)8-11-30(12-9-23)20-7-6-18(24)22(29-20)21(27-3)17-5-4-10-28-19(17)14-25/h4-7,10,14,16,25H,8-9,11-13,15,26H2,1-3H3. The maximum atomic E-state index is 14.8. The number of aliphatic imine (C=N–C) groups is 1. The Morgan fingerprint density at radius 3 is 2.67 bits per heavy atom. The van der Waals surface area contributed by atoms with Gasteiger partial charge >= 0.3 is 0 Å². The molecule has 160 valence electrons. The van der Waals surface area contributed by atoms with Crippen molar-refractivity contribution in [3.05, 3.63) is 53.2 Å². The molecular weight excluding hydrogens is 379 g/mol. The summed E-state index contributed by atoms with van der Waals surface area (Å²) < 4.78 is 14.8. The predicted molar refractivity (Wildman–Crippen MR) is 120 cm³/mol. The molecule has 0 bridgehead atoms. The van der Waals surface area contributed by atoms with Gasteiger partial charge in [0.2, 0.25) is 0 Å². The SMILES string of the molecule is CN=C(c1cccnc1C=N)c1nc(N2CCC(CN)(CC(C)C)CC2)ccc1F. The number of piperidine rings is 1. The molecule has 0 amide bonds. The van der Waals surface area contributed by atoms with Crippen LogP contribution in [0.2, 0.25) is 0 Å². The summed E-state index contributed by atoms with van der Waals surface area (Å²) in [6.45, 7) is 6.87. The summed E-state index contributed by atoms with van der Waals surface area (Å²) >= 11 is 0. The number of nitrogens with two attached hydrogens (primary N) is 1. The second kappa shape index (κ2) is 9.43. The maximum absolute atomic E-state index is 14.8. The summed E-state index contributed by atoms with van der Waals surface area (Å²) in [6, 6.07) is 6.71. The molecule has 3 heterocycles. The first kappa shape index (κ1) is 22.0. The molecule has 3 rings (SSSR count). The molecule has 0 spiro atoms. The van der Waals surface area contributed by atoms with E-state index in [-0.39, 0.29) is 11.1 Å². The third-order valence-electron chi connectivity index (χ3n) is 5.93. The first-order chi connectivity index (χ1) is 14.4. The highest BCUT2D eigenvalue weighted by Crippen LogP contribution is 2.37. The summed E-state index contributed by atoms with van der Waals surface area (Å²) in [6.07, 6.45) is 5.89. The smallest absolute Gasteiger partial charge is 0.151 e. The molecular formula is C23H31FN6. The van der Waals surface area contributed by atoms with Gasteiger partial charge in [0.15, 0.2) is 5.82 Å². The van der Waals surface area contributed by atoms with E-state index in [1.54, 1.807) is 31.4 Å². The summed E-state index contributed by atoms with van der Waals surface area (Å²) in [5, 5.41) is 7.60. The van der Waals surface area contributed by atoms with Crippen LogP contribution in [0.25, 0.3) is 0 Å². The normalized spacial score (nSPS) is 16.7. The third-order valence-corrected chi connectivity index (χ3v) is 5.93. The molecule has 1 saturated heterocycles. The fraction of sp³-hybridized carbons (Fsp3) is 0.478. The predicted octanol–water partition coefficient (Wildman–Crippen LogP) is 3.67. The number of aromatic nitrogens is 2. The fourth-order valence-electron chi connectivity index (χ4n) is 4.43. The maximum Gasteiger partial charge on any atom is 0.151 e. The van der Waals surface area contributed by atoms with Gasteiger partial charge in [0.25, 0.3) is 0 Å². The van der Waals surface area contributed by atoms with Crippen molar-refractivity contribution in [2.45, 2.75) is 33.1 Å². The quantitative estimate of drug-likeness (QED) is 0.681. The van der Waals surface area contributed by atoms with Crippen LogP contribution in [0.15, 0.2) is 35.5 Å². The van der Waals surface area contributed by atoms with E-state index >= 15 is 0 Å². The van der Waals surface area contributed by atoms with E-state index in [4.69, 9.17) is 11.1 Å². The molecule has 2 aromatic heterocycles. The van der Waals surface area contributed by atoms with Gasteiger partial charge in [-0.1, -0.05) is 13.8 Å². The Labute approximate surface area is 178 Å². The van der Waals surface area contributed by atoms with Crippen LogP contribution < -0.4 is 10.6 Å². The highest BCUT2D eigenvalue weighted by Gasteiger charge is 2.34. The molecule has 3 N–H and O–H groups in total. The van der Waals surface area contributed by atoms with Gasteiger partial charge in [0.1, 0.15) is 11.5 Å². The van der Waals surface area contributed by atoms with Crippen molar-refractivity contribution < 1.29 is 4.39 Å². The van der Waals surface area contributed by atoms with E-state index in [9.17, 15) is 4.39 Å². The van der Waals surface area contributed by atoms with Crippen LogP contribution in [-0.4, -0.2) is 48.6 Å². The molecule has 0 saturated carbocycles. The van der Waals surface area contributed by atoms with Gasteiger partial charge < -0.3 is 16.0 Å². The molecule has 30 heavy (non-hydrogen) atoms. The van der Waals surface area contributed by atoms with Crippen molar-refractivity contribution in [2.75, 3.05) is 31.6 Å². The van der Waals surface area contributed by atoms with Crippen molar-refractivity contribution in [3.8, 4) is 0 Å². The first-order valence-electron chi connectivity index (χ1n) is 10.5. The number of nitrogens with one attached hydrogen (secondary N) is 1. The average Bonchev–Trinajstić information content (AvgIpc) is 2.76. The van der Waals surface area contributed by atoms with Crippen LogP contribution in [-0.2, 0) is 0 Å². The largest absolute Gasteiger partial charge is 0.357 e. The van der Waals surface area contributed by atoms with Crippen LogP contribution in [0.3, 0.4) is 0 Å². The molecule has 1 aliphatic rings. The minimum Gasteiger partial charge on any atom is -0.357 e. The molecule has 0 aromatic carbocycles.